The van der Waals surface area contributed by atoms with E-state index in [4.69, 9.17) is 0 Å². The van der Waals surface area contributed by atoms with Crippen LogP contribution in [0.15, 0.2) is 90.7 Å². The maximum Gasteiger partial charge on any atom is 0.0309 e. The van der Waals surface area contributed by atoms with Gasteiger partial charge >= 0.3 is 0 Å². The predicted molar refractivity (Wildman–Crippen MR) is 94.5 cm³/mol. The van der Waals surface area contributed by atoms with E-state index < -0.39 is 0 Å². The highest BCUT2D eigenvalue weighted by molar-refractivity contribution is 5.81. The van der Waals surface area contributed by atoms with Gasteiger partial charge in [0.25, 0.3) is 0 Å². The molecule has 22 heavy (non-hydrogen) atoms. The van der Waals surface area contributed by atoms with Crippen molar-refractivity contribution >= 4 is 11.6 Å². The predicted octanol–water partition coefficient (Wildman–Crippen LogP) is 5.74. The van der Waals surface area contributed by atoms with Crippen LogP contribution in [0.3, 0.4) is 0 Å². The minimum absolute atomic E-state index is 1.11. The number of benzene rings is 3. The Balaban J connectivity index is 2.09. The standard InChI is InChI=1S/C22H18/c1-18-12-14-19(15-13-18)16-17-22(20-8-4-2-5-9-20)21-10-6-3-7-11-21/h2-16H,1H3. The van der Waals surface area contributed by atoms with E-state index in [0.717, 1.165) is 11.1 Å². The Morgan fingerprint density at radius 2 is 1.18 bits per heavy atom. The Morgan fingerprint density at radius 3 is 1.68 bits per heavy atom. The van der Waals surface area contributed by atoms with Crippen LogP contribution >= 0.6 is 0 Å². The zero-order chi connectivity index (χ0) is 15.2. The fourth-order valence-electron chi connectivity index (χ4n) is 2.36. The van der Waals surface area contributed by atoms with Gasteiger partial charge in [-0.05, 0) is 29.7 Å². The maximum absolute atomic E-state index is 3.48. The molecule has 0 bridgehead atoms. The molecule has 106 valence electrons. The molecule has 0 aliphatic rings. The van der Waals surface area contributed by atoms with Crippen LogP contribution in [-0.4, -0.2) is 0 Å². The van der Waals surface area contributed by atoms with Gasteiger partial charge < -0.3 is 0 Å². The maximum atomic E-state index is 3.48. The molecule has 0 spiro atoms. The summed E-state index contributed by atoms with van der Waals surface area (Å²) in [5.41, 5.74) is 9.38. The van der Waals surface area contributed by atoms with Crippen molar-refractivity contribution in [3.8, 4) is 0 Å². The van der Waals surface area contributed by atoms with Crippen LogP contribution in [0.25, 0.3) is 11.6 Å². The second-order valence-electron chi connectivity index (χ2n) is 5.31. The van der Waals surface area contributed by atoms with Crippen molar-refractivity contribution < 1.29 is 0 Å². The number of rotatable bonds is 3. The molecule has 0 N–H and O–H groups in total. The van der Waals surface area contributed by atoms with Crippen molar-refractivity contribution in [2.75, 3.05) is 0 Å². The molecular weight excluding hydrogens is 264 g/mol. The first-order valence-corrected chi connectivity index (χ1v) is 7.47. The van der Waals surface area contributed by atoms with Gasteiger partial charge in [-0.2, -0.15) is 0 Å². The highest BCUT2D eigenvalue weighted by Crippen LogP contribution is 2.22. The summed E-state index contributed by atoms with van der Waals surface area (Å²) in [5, 5.41) is 0. The van der Waals surface area contributed by atoms with Gasteiger partial charge in [0, 0.05) is 5.57 Å². The van der Waals surface area contributed by atoms with Crippen molar-refractivity contribution in [2.45, 2.75) is 6.92 Å². The number of aryl methyl sites for hydroxylation is 1. The van der Waals surface area contributed by atoms with E-state index in [2.05, 4.69) is 91.5 Å². The van der Waals surface area contributed by atoms with E-state index in [1.54, 1.807) is 0 Å². The van der Waals surface area contributed by atoms with E-state index in [0.29, 0.717) is 0 Å². The SMILES string of the molecule is Cc1ccc(C=C=C(c2ccccc2)c2ccccc2)cc1. The van der Waals surface area contributed by atoms with E-state index in [9.17, 15) is 0 Å². The largest absolute Gasteiger partial charge is 0.111 e. The summed E-state index contributed by atoms with van der Waals surface area (Å²) >= 11 is 0. The van der Waals surface area contributed by atoms with Crippen LogP contribution in [0.2, 0.25) is 0 Å². The molecule has 0 amide bonds. The normalized spacial score (nSPS) is 9.86. The van der Waals surface area contributed by atoms with E-state index in [-0.39, 0.29) is 0 Å². The van der Waals surface area contributed by atoms with Gasteiger partial charge in [0.1, 0.15) is 0 Å². The lowest BCUT2D eigenvalue weighted by molar-refractivity contribution is 1.46. The fourth-order valence-corrected chi connectivity index (χ4v) is 2.36. The van der Waals surface area contributed by atoms with Crippen molar-refractivity contribution in [3.05, 3.63) is 113 Å². The molecule has 3 aromatic carbocycles. The third-order valence-electron chi connectivity index (χ3n) is 3.59. The van der Waals surface area contributed by atoms with Gasteiger partial charge in [0.2, 0.25) is 0 Å². The lowest BCUT2D eigenvalue weighted by atomic mass is 9.98. The van der Waals surface area contributed by atoms with Crippen molar-refractivity contribution in [1.29, 1.82) is 0 Å². The molecular formula is C22H18. The van der Waals surface area contributed by atoms with Crippen molar-refractivity contribution in [2.24, 2.45) is 0 Å². The molecule has 0 heterocycles. The Bertz CT molecular complexity index is 746. The minimum atomic E-state index is 1.11. The molecule has 0 aromatic heterocycles. The van der Waals surface area contributed by atoms with Crippen LogP contribution in [0.5, 0.6) is 0 Å². The van der Waals surface area contributed by atoms with Gasteiger partial charge in [-0.1, -0.05) is 90.5 Å². The van der Waals surface area contributed by atoms with Gasteiger partial charge in [-0.3, -0.25) is 0 Å². The molecule has 0 atom stereocenters. The van der Waals surface area contributed by atoms with Gasteiger partial charge in [0.15, 0.2) is 0 Å². The van der Waals surface area contributed by atoms with Crippen LogP contribution < -0.4 is 0 Å². The third-order valence-corrected chi connectivity index (χ3v) is 3.59. The molecule has 3 rings (SSSR count). The summed E-state index contributed by atoms with van der Waals surface area (Å²) in [6.45, 7) is 2.10. The highest BCUT2D eigenvalue weighted by Gasteiger charge is 2.02. The van der Waals surface area contributed by atoms with Gasteiger partial charge in [0.05, 0.1) is 0 Å². The Labute approximate surface area is 132 Å². The van der Waals surface area contributed by atoms with Crippen LogP contribution in [0.4, 0.5) is 0 Å². The van der Waals surface area contributed by atoms with Crippen LogP contribution in [-0.2, 0) is 0 Å². The van der Waals surface area contributed by atoms with E-state index in [1.165, 1.54) is 16.7 Å². The zero-order valence-corrected chi connectivity index (χ0v) is 12.7. The smallest absolute Gasteiger partial charge is 0.0309 e. The average molecular weight is 282 g/mol. The zero-order valence-electron chi connectivity index (χ0n) is 12.7. The summed E-state index contributed by atoms with van der Waals surface area (Å²) in [5.74, 6) is 0. The molecule has 3 aromatic rings. The fraction of sp³-hybridized carbons (Fsp3) is 0.0455. The molecule has 0 fully saturated rings. The second kappa shape index (κ2) is 6.76. The lowest BCUT2D eigenvalue weighted by Crippen LogP contribution is -1.85. The first-order chi connectivity index (χ1) is 10.8. The average Bonchev–Trinajstić information content (AvgIpc) is 2.59. The molecule has 0 aliphatic carbocycles. The summed E-state index contributed by atoms with van der Waals surface area (Å²) < 4.78 is 0. The minimum Gasteiger partial charge on any atom is -0.111 e. The molecule has 0 heteroatoms. The molecule has 0 radical (unpaired) electrons. The Hall–Kier alpha value is -2.82. The summed E-state index contributed by atoms with van der Waals surface area (Å²) in [7, 11) is 0. The van der Waals surface area contributed by atoms with Crippen molar-refractivity contribution in [1.82, 2.24) is 0 Å². The van der Waals surface area contributed by atoms with E-state index in [1.807, 2.05) is 12.1 Å². The highest BCUT2D eigenvalue weighted by atomic mass is 14.1. The second-order valence-corrected chi connectivity index (χ2v) is 5.31. The first-order valence-electron chi connectivity index (χ1n) is 7.47. The van der Waals surface area contributed by atoms with Crippen LogP contribution in [0, 0.1) is 6.92 Å². The number of hydrogen-bond donors (Lipinski definition) is 0. The lowest BCUT2D eigenvalue weighted by Gasteiger charge is -2.05. The molecule has 0 saturated heterocycles. The quantitative estimate of drug-likeness (QED) is 0.537. The summed E-state index contributed by atoms with van der Waals surface area (Å²) in [6.07, 6.45) is 2.05. The molecule has 0 saturated carbocycles. The Kier molecular flexibility index (Phi) is 4.34. The molecule has 0 aliphatic heterocycles. The van der Waals surface area contributed by atoms with E-state index >= 15 is 0 Å². The number of hydrogen-bond acceptors (Lipinski definition) is 0. The van der Waals surface area contributed by atoms with Gasteiger partial charge in [-0.25, -0.2) is 0 Å². The summed E-state index contributed by atoms with van der Waals surface area (Å²) in [6, 6.07) is 29.3. The molecule has 0 unspecified atom stereocenters. The topological polar surface area (TPSA) is 0 Å². The van der Waals surface area contributed by atoms with Crippen molar-refractivity contribution in [3.63, 3.8) is 0 Å². The van der Waals surface area contributed by atoms with Crippen LogP contribution in [0.1, 0.15) is 22.3 Å². The van der Waals surface area contributed by atoms with Gasteiger partial charge in [-0.15, -0.1) is 5.73 Å². The monoisotopic (exact) mass is 282 g/mol. The first kappa shape index (κ1) is 14.1. The third kappa shape index (κ3) is 3.44. The summed E-state index contributed by atoms with van der Waals surface area (Å²) in [4.78, 5) is 0. The molecule has 0 nitrogen and oxygen atoms in total. The Morgan fingerprint density at radius 1 is 0.682 bits per heavy atom.